The predicted octanol–water partition coefficient (Wildman–Crippen LogP) is 6.00. The summed E-state index contributed by atoms with van der Waals surface area (Å²) in [7, 11) is 0. The zero-order chi connectivity index (χ0) is 15.6. The summed E-state index contributed by atoms with van der Waals surface area (Å²) in [6, 6.07) is 23.8. The van der Waals surface area contributed by atoms with Crippen LogP contribution in [0.4, 0.5) is 5.69 Å². The number of benzene rings is 3. The molecule has 0 spiro atoms. The SMILES string of the molecule is [N-]=[N+]=Nc1ccc2nc3ccccc3cc2c1-c1ccccc1. The highest BCUT2D eigenvalue weighted by Gasteiger charge is 2.11. The van der Waals surface area contributed by atoms with Gasteiger partial charge in [0.05, 0.1) is 11.0 Å². The molecule has 4 aromatic rings. The first-order chi connectivity index (χ1) is 11.4. The average Bonchev–Trinajstić information content (AvgIpc) is 2.61. The molecule has 4 heteroatoms. The van der Waals surface area contributed by atoms with E-state index in [0.717, 1.165) is 32.9 Å². The molecular weight excluding hydrogens is 284 g/mol. The Morgan fingerprint density at radius 1 is 0.826 bits per heavy atom. The van der Waals surface area contributed by atoms with Crippen molar-refractivity contribution in [3.63, 3.8) is 0 Å². The van der Waals surface area contributed by atoms with Gasteiger partial charge in [0.15, 0.2) is 0 Å². The van der Waals surface area contributed by atoms with Crippen molar-refractivity contribution < 1.29 is 0 Å². The number of aromatic nitrogens is 1. The highest BCUT2D eigenvalue weighted by Crippen LogP contribution is 2.37. The molecule has 0 atom stereocenters. The molecule has 4 rings (SSSR count). The summed E-state index contributed by atoms with van der Waals surface area (Å²) in [5, 5.41) is 5.92. The van der Waals surface area contributed by atoms with E-state index in [1.165, 1.54) is 0 Å². The first-order valence-corrected chi connectivity index (χ1v) is 7.30. The van der Waals surface area contributed by atoms with Crippen molar-refractivity contribution in [3.8, 4) is 11.1 Å². The molecule has 4 nitrogen and oxygen atoms in total. The van der Waals surface area contributed by atoms with Crippen LogP contribution in [0.15, 0.2) is 77.9 Å². The molecule has 1 heterocycles. The van der Waals surface area contributed by atoms with Crippen LogP contribution < -0.4 is 0 Å². The minimum absolute atomic E-state index is 0.614. The number of hydrogen-bond acceptors (Lipinski definition) is 2. The van der Waals surface area contributed by atoms with E-state index in [1.807, 2.05) is 66.7 Å². The Labute approximate surface area is 132 Å². The zero-order valence-corrected chi connectivity index (χ0v) is 12.2. The van der Waals surface area contributed by atoms with E-state index in [2.05, 4.69) is 16.1 Å². The van der Waals surface area contributed by atoms with Gasteiger partial charge in [-0.3, -0.25) is 0 Å². The minimum Gasteiger partial charge on any atom is -0.248 e. The lowest BCUT2D eigenvalue weighted by molar-refractivity contribution is 1.45. The Bertz CT molecular complexity index is 1060. The van der Waals surface area contributed by atoms with Gasteiger partial charge in [0.25, 0.3) is 0 Å². The molecule has 0 N–H and O–H groups in total. The molecule has 0 aliphatic rings. The van der Waals surface area contributed by atoms with Crippen molar-refractivity contribution in [2.24, 2.45) is 5.11 Å². The van der Waals surface area contributed by atoms with Crippen molar-refractivity contribution in [1.82, 2.24) is 4.98 Å². The number of rotatable bonds is 2. The monoisotopic (exact) mass is 296 g/mol. The summed E-state index contributed by atoms with van der Waals surface area (Å²) in [5.74, 6) is 0. The van der Waals surface area contributed by atoms with Crippen LogP contribution in [0.25, 0.3) is 43.4 Å². The summed E-state index contributed by atoms with van der Waals surface area (Å²) in [5.41, 5.74) is 13.3. The molecule has 0 aliphatic carbocycles. The lowest BCUT2D eigenvalue weighted by Crippen LogP contribution is -1.87. The minimum atomic E-state index is 0.614. The third kappa shape index (κ3) is 2.27. The second-order valence-electron chi connectivity index (χ2n) is 5.26. The van der Waals surface area contributed by atoms with Crippen LogP contribution >= 0.6 is 0 Å². The molecule has 0 radical (unpaired) electrons. The van der Waals surface area contributed by atoms with E-state index in [-0.39, 0.29) is 0 Å². The summed E-state index contributed by atoms with van der Waals surface area (Å²) >= 11 is 0. The van der Waals surface area contributed by atoms with E-state index in [9.17, 15) is 0 Å². The van der Waals surface area contributed by atoms with Gasteiger partial charge in [0.1, 0.15) is 0 Å². The van der Waals surface area contributed by atoms with Gasteiger partial charge < -0.3 is 0 Å². The van der Waals surface area contributed by atoms with Crippen molar-refractivity contribution in [1.29, 1.82) is 0 Å². The van der Waals surface area contributed by atoms with Gasteiger partial charge in [-0.1, -0.05) is 53.6 Å². The lowest BCUT2D eigenvalue weighted by Gasteiger charge is -2.11. The van der Waals surface area contributed by atoms with Crippen LogP contribution in [0.2, 0.25) is 0 Å². The van der Waals surface area contributed by atoms with Gasteiger partial charge in [-0.2, -0.15) is 0 Å². The maximum absolute atomic E-state index is 8.88. The third-order valence-corrected chi connectivity index (χ3v) is 3.89. The smallest absolute Gasteiger partial charge is 0.0716 e. The van der Waals surface area contributed by atoms with Crippen LogP contribution in [-0.4, -0.2) is 4.98 Å². The van der Waals surface area contributed by atoms with E-state index < -0.39 is 0 Å². The summed E-state index contributed by atoms with van der Waals surface area (Å²) in [6.07, 6.45) is 0. The fourth-order valence-corrected chi connectivity index (χ4v) is 2.88. The maximum atomic E-state index is 8.88. The quantitative estimate of drug-likeness (QED) is 0.194. The normalized spacial score (nSPS) is 10.6. The van der Waals surface area contributed by atoms with Crippen LogP contribution in [0, 0.1) is 0 Å². The molecule has 23 heavy (non-hydrogen) atoms. The number of para-hydroxylation sites is 1. The molecule has 3 aromatic carbocycles. The van der Waals surface area contributed by atoms with Crippen LogP contribution in [0.1, 0.15) is 0 Å². The summed E-state index contributed by atoms with van der Waals surface area (Å²) < 4.78 is 0. The molecule has 0 fully saturated rings. The van der Waals surface area contributed by atoms with Crippen molar-refractivity contribution >= 4 is 27.5 Å². The number of fused-ring (bicyclic) bond motifs is 2. The standard InChI is InChI=1S/C19H12N4/c20-23-22-18-11-10-17-15(19(18)13-6-2-1-3-7-13)12-14-8-4-5-9-16(14)21-17/h1-12H. The van der Waals surface area contributed by atoms with Gasteiger partial charge in [-0.25, -0.2) is 4.98 Å². The molecule has 1 aromatic heterocycles. The Morgan fingerprint density at radius 2 is 1.61 bits per heavy atom. The molecule has 0 saturated heterocycles. The molecule has 0 bridgehead atoms. The van der Waals surface area contributed by atoms with E-state index in [4.69, 9.17) is 10.5 Å². The van der Waals surface area contributed by atoms with Gasteiger partial charge in [-0.15, -0.1) is 0 Å². The highest BCUT2D eigenvalue weighted by molar-refractivity contribution is 6.04. The van der Waals surface area contributed by atoms with Crippen molar-refractivity contribution in [2.75, 3.05) is 0 Å². The van der Waals surface area contributed by atoms with E-state index >= 15 is 0 Å². The predicted molar refractivity (Wildman–Crippen MR) is 93.5 cm³/mol. The molecular formula is C19H12N4. The van der Waals surface area contributed by atoms with E-state index in [1.54, 1.807) is 0 Å². The van der Waals surface area contributed by atoms with Gasteiger partial charge in [-0.05, 0) is 35.4 Å². The molecule has 0 unspecified atom stereocenters. The van der Waals surface area contributed by atoms with Gasteiger partial charge in [0, 0.05) is 26.9 Å². The summed E-state index contributed by atoms with van der Waals surface area (Å²) in [4.78, 5) is 7.70. The first-order valence-electron chi connectivity index (χ1n) is 7.30. The zero-order valence-electron chi connectivity index (χ0n) is 12.2. The second kappa shape index (κ2) is 5.44. The number of hydrogen-bond donors (Lipinski definition) is 0. The van der Waals surface area contributed by atoms with Crippen LogP contribution in [0.5, 0.6) is 0 Å². The first kappa shape index (κ1) is 13.3. The number of nitrogens with zero attached hydrogens (tertiary/aromatic N) is 4. The topological polar surface area (TPSA) is 61.7 Å². The lowest BCUT2D eigenvalue weighted by atomic mass is 9.97. The van der Waals surface area contributed by atoms with Crippen molar-refractivity contribution in [3.05, 3.63) is 83.2 Å². The largest absolute Gasteiger partial charge is 0.248 e. The summed E-state index contributed by atoms with van der Waals surface area (Å²) in [6.45, 7) is 0. The third-order valence-electron chi connectivity index (χ3n) is 3.89. The Kier molecular flexibility index (Phi) is 3.15. The average molecular weight is 296 g/mol. The molecule has 0 saturated carbocycles. The molecule has 0 amide bonds. The fraction of sp³-hybridized carbons (Fsp3) is 0. The number of azide groups is 1. The van der Waals surface area contributed by atoms with E-state index in [0.29, 0.717) is 5.69 Å². The Morgan fingerprint density at radius 3 is 2.43 bits per heavy atom. The highest BCUT2D eigenvalue weighted by atomic mass is 15.1. The van der Waals surface area contributed by atoms with Gasteiger partial charge >= 0.3 is 0 Å². The van der Waals surface area contributed by atoms with Gasteiger partial charge in [0.2, 0.25) is 0 Å². The van der Waals surface area contributed by atoms with Crippen LogP contribution in [0.3, 0.4) is 0 Å². The van der Waals surface area contributed by atoms with Crippen LogP contribution in [-0.2, 0) is 0 Å². The number of pyridine rings is 1. The Hall–Kier alpha value is -3.36. The second-order valence-corrected chi connectivity index (χ2v) is 5.26. The fourth-order valence-electron chi connectivity index (χ4n) is 2.88. The Balaban J connectivity index is 2.16. The molecule has 108 valence electrons. The van der Waals surface area contributed by atoms with Crippen molar-refractivity contribution in [2.45, 2.75) is 0 Å². The molecule has 0 aliphatic heterocycles. The maximum Gasteiger partial charge on any atom is 0.0716 e.